The minimum absolute atomic E-state index is 0.734. The first-order valence-electron chi connectivity index (χ1n) is 6.96. The standard InChI is InChI=1S/C20H13O/c1-2-10-18(11-3-1)21-20-12-6-9-17-13-15-7-4-5-8-16(15)14-19(17)20/h1-10,12-14H. The van der Waals surface area contributed by atoms with Gasteiger partial charge in [-0.15, -0.1) is 0 Å². The van der Waals surface area contributed by atoms with Crippen molar-refractivity contribution in [3.05, 3.63) is 84.9 Å². The second-order valence-corrected chi connectivity index (χ2v) is 5.01. The van der Waals surface area contributed by atoms with Gasteiger partial charge in [0.2, 0.25) is 0 Å². The predicted octanol–water partition coefficient (Wildman–Crippen LogP) is 5.59. The van der Waals surface area contributed by atoms with E-state index in [0.29, 0.717) is 0 Å². The minimum atomic E-state index is 0.734. The Labute approximate surface area is 123 Å². The lowest BCUT2D eigenvalue weighted by Crippen LogP contribution is -1.86. The van der Waals surface area contributed by atoms with Crippen LogP contribution in [0.1, 0.15) is 0 Å². The second kappa shape index (κ2) is 4.95. The van der Waals surface area contributed by atoms with Crippen LogP contribution in [-0.4, -0.2) is 0 Å². The molecule has 4 aromatic rings. The molecule has 0 amide bonds. The molecule has 1 nitrogen and oxygen atoms in total. The van der Waals surface area contributed by atoms with E-state index in [0.717, 1.165) is 16.9 Å². The van der Waals surface area contributed by atoms with Crippen LogP contribution >= 0.6 is 0 Å². The van der Waals surface area contributed by atoms with Gasteiger partial charge in [-0.25, -0.2) is 0 Å². The lowest BCUT2D eigenvalue weighted by atomic mass is 10.0. The van der Waals surface area contributed by atoms with Crippen LogP contribution in [0.4, 0.5) is 0 Å². The summed E-state index contributed by atoms with van der Waals surface area (Å²) in [5, 5.41) is 4.77. The summed E-state index contributed by atoms with van der Waals surface area (Å²) in [6, 6.07) is 29.7. The summed E-state index contributed by atoms with van der Waals surface area (Å²) in [5.74, 6) is 1.60. The average molecular weight is 269 g/mol. The van der Waals surface area contributed by atoms with Gasteiger partial charge in [-0.3, -0.25) is 0 Å². The first kappa shape index (κ1) is 12.0. The maximum absolute atomic E-state index is 5.98. The van der Waals surface area contributed by atoms with Crippen molar-refractivity contribution >= 4 is 21.5 Å². The molecule has 4 aromatic carbocycles. The Morgan fingerprint density at radius 2 is 1.43 bits per heavy atom. The quantitative estimate of drug-likeness (QED) is 0.431. The number of fused-ring (bicyclic) bond motifs is 2. The number of rotatable bonds is 2. The molecule has 0 aliphatic carbocycles. The van der Waals surface area contributed by atoms with Crippen LogP contribution in [0.2, 0.25) is 0 Å². The van der Waals surface area contributed by atoms with E-state index in [2.05, 4.69) is 48.5 Å². The lowest BCUT2D eigenvalue weighted by Gasteiger charge is -2.10. The third kappa shape index (κ3) is 2.23. The fraction of sp³-hybridized carbons (Fsp3) is 0. The number of hydrogen-bond acceptors (Lipinski definition) is 1. The predicted molar refractivity (Wildman–Crippen MR) is 86.8 cm³/mol. The Kier molecular flexibility index (Phi) is 2.82. The van der Waals surface area contributed by atoms with Crippen LogP contribution in [0.15, 0.2) is 78.9 Å². The summed E-state index contributed by atoms with van der Waals surface area (Å²) in [6.07, 6.45) is 0. The Morgan fingerprint density at radius 1 is 0.667 bits per heavy atom. The van der Waals surface area contributed by atoms with Crippen LogP contribution in [0.25, 0.3) is 21.5 Å². The summed E-state index contributed by atoms with van der Waals surface area (Å²) in [7, 11) is 0. The van der Waals surface area contributed by atoms with Crippen molar-refractivity contribution in [2.75, 3.05) is 0 Å². The maximum atomic E-state index is 5.98. The molecule has 4 rings (SSSR count). The van der Waals surface area contributed by atoms with Crippen LogP contribution in [0.5, 0.6) is 11.5 Å². The molecule has 0 saturated carbocycles. The largest absolute Gasteiger partial charge is 0.456 e. The molecule has 1 heteroatoms. The highest BCUT2D eigenvalue weighted by Gasteiger charge is 2.05. The molecule has 0 aliphatic rings. The monoisotopic (exact) mass is 269 g/mol. The summed E-state index contributed by atoms with van der Waals surface area (Å²) >= 11 is 0. The minimum Gasteiger partial charge on any atom is -0.456 e. The van der Waals surface area contributed by atoms with E-state index in [1.54, 1.807) is 0 Å². The van der Waals surface area contributed by atoms with Crippen molar-refractivity contribution in [1.29, 1.82) is 0 Å². The first-order chi connectivity index (χ1) is 10.4. The highest BCUT2D eigenvalue weighted by atomic mass is 16.5. The molecule has 0 aromatic heterocycles. The number of para-hydroxylation sites is 1. The van der Waals surface area contributed by atoms with Gasteiger partial charge in [0.15, 0.2) is 0 Å². The summed E-state index contributed by atoms with van der Waals surface area (Å²) in [4.78, 5) is 0. The van der Waals surface area contributed by atoms with Crippen LogP contribution < -0.4 is 4.74 Å². The van der Waals surface area contributed by atoms with Crippen molar-refractivity contribution in [3.63, 3.8) is 0 Å². The molecular formula is C20H13O. The van der Waals surface area contributed by atoms with E-state index >= 15 is 0 Å². The van der Waals surface area contributed by atoms with E-state index in [9.17, 15) is 0 Å². The number of benzene rings is 4. The van der Waals surface area contributed by atoms with Gasteiger partial charge in [-0.1, -0.05) is 54.6 Å². The molecule has 0 unspecified atom stereocenters. The molecule has 0 saturated heterocycles. The molecule has 0 heterocycles. The molecule has 1 radical (unpaired) electrons. The highest BCUT2D eigenvalue weighted by molar-refractivity contribution is 6.00. The Balaban J connectivity index is 1.90. The van der Waals surface area contributed by atoms with Gasteiger partial charge in [-0.05, 0) is 40.4 Å². The molecule has 0 atom stereocenters. The molecular weight excluding hydrogens is 256 g/mol. The van der Waals surface area contributed by atoms with Crippen molar-refractivity contribution < 1.29 is 4.74 Å². The molecule has 99 valence electrons. The maximum Gasteiger partial charge on any atom is 0.135 e. The zero-order valence-corrected chi connectivity index (χ0v) is 11.4. The number of hydrogen-bond donors (Lipinski definition) is 0. The van der Waals surface area contributed by atoms with Gasteiger partial charge in [0.05, 0.1) is 0 Å². The summed E-state index contributed by atoms with van der Waals surface area (Å²) < 4.78 is 5.98. The summed E-state index contributed by atoms with van der Waals surface area (Å²) in [6.45, 7) is 0. The van der Waals surface area contributed by atoms with E-state index in [1.807, 2.05) is 36.4 Å². The van der Waals surface area contributed by atoms with E-state index in [-0.39, 0.29) is 0 Å². The van der Waals surface area contributed by atoms with Crippen LogP contribution in [-0.2, 0) is 0 Å². The normalized spacial score (nSPS) is 10.9. The van der Waals surface area contributed by atoms with Gasteiger partial charge in [0, 0.05) is 11.5 Å². The third-order valence-corrected chi connectivity index (χ3v) is 3.61. The van der Waals surface area contributed by atoms with Gasteiger partial charge >= 0.3 is 0 Å². The molecule has 0 N–H and O–H groups in total. The van der Waals surface area contributed by atoms with Crippen LogP contribution in [0.3, 0.4) is 0 Å². The second-order valence-electron chi connectivity index (χ2n) is 5.01. The van der Waals surface area contributed by atoms with Crippen molar-refractivity contribution in [3.8, 4) is 11.5 Å². The average Bonchev–Trinajstić information content (AvgIpc) is 2.54. The third-order valence-electron chi connectivity index (χ3n) is 3.61. The summed E-state index contributed by atoms with van der Waals surface area (Å²) in [5.41, 5.74) is 0. The fourth-order valence-electron chi connectivity index (χ4n) is 2.59. The van der Waals surface area contributed by atoms with Crippen molar-refractivity contribution in [2.45, 2.75) is 0 Å². The van der Waals surface area contributed by atoms with Gasteiger partial charge in [0.25, 0.3) is 0 Å². The zero-order chi connectivity index (χ0) is 14.1. The Bertz CT molecular complexity index is 910. The first-order valence-corrected chi connectivity index (χ1v) is 6.96. The van der Waals surface area contributed by atoms with E-state index in [1.165, 1.54) is 16.2 Å². The van der Waals surface area contributed by atoms with Crippen LogP contribution in [0, 0.1) is 6.07 Å². The zero-order valence-electron chi connectivity index (χ0n) is 11.4. The number of ether oxygens (including phenoxy) is 1. The van der Waals surface area contributed by atoms with Gasteiger partial charge in [-0.2, -0.15) is 0 Å². The lowest BCUT2D eigenvalue weighted by molar-refractivity contribution is 0.487. The Morgan fingerprint density at radius 3 is 2.24 bits per heavy atom. The SMILES string of the molecule is [c]1ccccc1Oc1cccc2cc3ccccc3cc12. The fourth-order valence-corrected chi connectivity index (χ4v) is 2.59. The van der Waals surface area contributed by atoms with Gasteiger partial charge in [0.1, 0.15) is 11.5 Å². The molecule has 21 heavy (non-hydrogen) atoms. The topological polar surface area (TPSA) is 9.23 Å². The van der Waals surface area contributed by atoms with E-state index in [4.69, 9.17) is 4.74 Å². The van der Waals surface area contributed by atoms with E-state index < -0.39 is 0 Å². The van der Waals surface area contributed by atoms with Gasteiger partial charge < -0.3 is 4.74 Å². The Hall–Kier alpha value is -2.80. The molecule has 0 spiro atoms. The van der Waals surface area contributed by atoms with Crippen molar-refractivity contribution in [1.82, 2.24) is 0 Å². The molecule has 0 fully saturated rings. The molecule has 0 bridgehead atoms. The highest BCUT2D eigenvalue weighted by Crippen LogP contribution is 2.32. The molecule has 0 aliphatic heterocycles. The smallest absolute Gasteiger partial charge is 0.135 e. The van der Waals surface area contributed by atoms with Crippen molar-refractivity contribution in [2.24, 2.45) is 0 Å².